The highest BCUT2D eigenvalue weighted by molar-refractivity contribution is 5.73. The Morgan fingerprint density at radius 2 is 1.96 bits per heavy atom. The zero-order chi connectivity index (χ0) is 19.2. The summed E-state index contributed by atoms with van der Waals surface area (Å²) in [6.07, 6.45) is 1.06. The molecule has 5 heteroatoms. The molecular weight excluding hydrogens is 338 g/mol. The summed E-state index contributed by atoms with van der Waals surface area (Å²) in [6.45, 7) is 5.38. The van der Waals surface area contributed by atoms with Crippen molar-refractivity contribution in [3.05, 3.63) is 59.7 Å². The highest BCUT2D eigenvalue weighted by Crippen LogP contribution is 2.51. The van der Waals surface area contributed by atoms with Gasteiger partial charge in [-0.05, 0) is 37.6 Å². The number of hydrogen-bond donors (Lipinski definition) is 1. The van der Waals surface area contributed by atoms with Crippen molar-refractivity contribution in [3.8, 4) is 5.75 Å². The summed E-state index contributed by atoms with van der Waals surface area (Å²) in [5, 5.41) is 2.90. The number of ether oxygens (including phenoxy) is 1. The van der Waals surface area contributed by atoms with Crippen molar-refractivity contribution in [2.24, 2.45) is 0 Å². The van der Waals surface area contributed by atoms with Crippen LogP contribution in [0.25, 0.3) is 0 Å². The first-order chi connectivity index (χ1) is 12.9. The van der Waals surface area contributed by atoms with E-state index < -0.39 is 6.09 Å². The Morgan fingerprint density at radius 1 is 1.22 bits per heavy atom. The Balaban J connectivity index is 1.49. The van der Waals surface area contributed by atoms with Gasteiger partial charge in [-0.25, -0.2) is 4.79 Å². The molecule has 1 fully saturated rings. The maximum atomic E-state index is 12.3. The number of nitrogens with zero attached hydrogens (tertiary/aromatic N) is 2. The molecule has 1 amide bonds. The molecule has 2 aliphatic heterocycles. The van der Waals surface area contributed by atoms with Crippen molar-refractivity contribution >= 4 is 11.8 Å². The number of anilines is 1. The van der Waals surface area contributed by atoms with Crippen LogP contribution in [-0.4, -0.2) is 37.8 Å². The fourth-order valence-electron chi connectivity index (χ4n) is 4.76. The molecule has 0 aromatic heterocycles. The summed E-state index contributed by atoms with van der Waals surface area (Å²) in [5.41, 5.74) is 3.66. The monoisotopic (exact) mass is 365 g/mol. The van der Waals surface area contributed by atoms with Gasteiger partial charge in [0.15, 0.2) is 0 Å². The van der Waals surface area contributed by atoms with Crippen molar-refractivity contribution in [1.82, 2.24) is 10.2 Å². The van der Waals surface area contributed by atoms with Gasteiger partial charge in [-0.2, -0.15) is 0 Å². The number of amides is 1. The largest absolute Gasteiger partial charge is 0.413 e. The minimum Gasteiger partial charge on any atom is -0.410 e. The molecule has 2 aromatic rings. The maximum Gasteiger partial charge on any atom is 0.413 e. The SMILES string of the molecule is C[C@H](NC(=O)Oc1ccc2c(c1)N(C)[C@@H]1N(C)CC[C@]21C)c1ccccc1. The number of carbonyl (C=O) groups is 1. The smallest absolute Gasteiger partial charge is 0.410 e. The summed E-state index contributed by atoms with van der Waals surface area (Å²) in [7, 11) is 4.30. The Hall–Kier alpha value is -2.53. The number of fused-ring (bicyclic) bond motifs is 3. The zero-order valence-corrected chi connectivity index (χ0v) is 16.4. The Kier molecular flexibility index (Phi) is 4.35. The molecule has 0 bridgehead atoms. The van der Waals surface area contributed by atoms with E-state index in [0.29, 0.717) is 11.9 Å². The highest BCUT2D eigenvalue weighted by Gasteiger charge is 2.52. The molecule has 0 saturated carbocycles. The van der Waals surface area contributed by atoms with Gasteiger partial charge >= 0.3 is 6.09 Å². The van der Waals surface area contributed by atoms with Gasteiger partial charge in [-0.1, -0.05) is 43.3 Å². The van der Waals surface area contributed by atoms with E-state index in [1.807, 2.05) is 49.4 Å². The van der Waals surface area contributed by atoms with Crippen LogP contribution in [0.4, 0.5) is 10.5 Å². The third-order valence-electron chi connectivity index (χ3n) is 6.15. The lowest BCUT2D eigenvalue weighted by Crippen LogP contribution is -2.45. The van der Waals surface area contributed by atoms with Crippen LogP contribution in [-0.2, 0) is 5.41 Å². The Morgan fingerprint density at radius 3 is 2.70 bits per heavy atom. The molecule has 4 rings (SSSR count). The first-order valence-electron chi connectivity index (χ1n) is 9.51. The first kappa shape index (κ1) is 17.9. The molecule has 0 radical (unpaired) electrons. The first-order valence-corrected chi connectivity index (χ1v) is 9.51. The lowest BCUT2D eigenvalue weighted by Gasteiger charge is -2.32. The Bertz CT molecular complexity index is 854. The molecule has 1 saturated heterocycles. The van der Waals surface area contributed by atoms with Crippen molar-refractivity contribution in [2.45, 2.75) is 37.9 Å². The summed E-state index contributed by atoms with van der Waals surface area (Å²) in [5.74, 6) is 0.574. The Labute approximate surface area is 160 Å². The molecule has 0 aliphatic carbocycles. The maximum absolute atomic E-state index is 12.3. The van der Waals surface area contributed by atoms with E-state index in [-0.39, 0.29) is 11.5 Å². The fraction of sp³-hybridized carbons (Fsp3) is 0.409. The van der Waals surface area contributed by atoms with Crippen LogP contribution in [0.2, 0.25) is 0 Å². The average Bonchev–Trinajstić information content (AvgIpc) is 3.07. The molecule has 5 nitrogen and oxygen atoms in total. The highest BCUT2D eigenvalue weighted by atomic mass is 16.6. The normalized spacial score (nSPS) is 25.0. The van der Waals surface area contributed by atoms with Gasteiger partial charge in [-0.15, -0.1) is 0 Å². The van der Waals surface area contributed by atoms with Gasteiger partial charge < -0.3 is 15.0 Å². The molecular formula is C22H27N3O2. The minimum absolute atomic E-state index is 0.109. The zero-order valence-electron chi connectivity index (χ0n) is 16.4. The lowest BCUT2D eigenvalue weighted by molar-refractivity contribution is 0.197. The van der Waals surface area contributed by atoms with Gasteiger partial charge in [0.25, 0.3) is 0 Å². The second kappa shape index (κ2) is 6.57. The molecule has 2 heterocycles. The number of carbonyl (C=O) groups excluding carboxylic acids is 1. The van der Waals surface area contributed by atoms with Crippen LogP contribution in [0.15, 0.2) is 48.5 Å². The summed E-state index contributed by atoms with van der Waals surface area (Å²) >= 11 is 0. The van der Waals surface area contributed by atoms with Gasteiger partial charge in [0.1, 0.15) is 5.75 Å². The fourth-order valence-corrected chi connectivity index (χ4v) is 4.76. The van der Waals surface area contributed by atoms with Crippen LogP contribution < -0.4 is 15.0 Å². The number of likely N-dealkylation sites (tertiary alicyclic amines) is 1. The molecule has 2 aromatic carbocycles. The number of likely N-dealkylation sites (N-methyl/N-ethyl adjacent to an activating group) is 2. The summed E-state index contributed by atoms with van der Waals surface area (Å²) in [6, 6.07) is 15.8. The van der Waals surface area contributed by atoms with Crippen molar-refractivity contribution in [3.63, 3.8) is 0 Å². The van der Waals surface area contributed by atoms with Crippen LogP contribution in [0.1, 0.15) is 37.4 Å². The van der Waals surface area contributed by atoms with E-state index in [9.17, 15) is 4.79 Å². The molecule has 3 atom stereocenters. The van der Waals surface area contributed by atoms with E-state index >= 15 is 0 Å². The summed E-state index contributed by atoms with van der Waals surface area (Å²) in [4.78, 5) is 17.0. The molecule has 2 aliphatic rings. The number of nitrogens with one attached hydrogen (secondary N) is 1. The van der Waals surface area contributed by atoms with Crippen LogP contribution in [0.5, 0.6) is 5.75 Å². The van der Waals surface area contributed by atoms with Gasteiger partial charge in [0.05, 0.1) is 12.2 Å². The third kappa shape index (κ3) is 2.96. The van der Waals surface area contributed by atoms with E-state index in [4.69, 9.17) is 4.74 Å². The van der Waals surface area contributed by atoms with Gasteiger partial charge in [0.2, 0.25) is 0 Å². The summed E-state index contributed by atoms with van der Waals surface area (Å²) < 4.78 is 5.57. The molecule has 0 unspecified atom stereocenters. The number of benzene rings is 2. The number of rotatable bonds is 3. The van der Waals surface area contributed by atoms with E-state index in [1.54, 1.807) is 0 Å². The van der Waals surface area contributed by atoms with Gasteiger partial charge in [-0.3, -0.25) is 4.90 Å². The van der Waals surface area contributed by atoms with Crippen molar-refractivity contribution in [1.29, 1.82) is 0 Å². The van der Waals surface area contributed by atoms with Crippen LogP contribution in [0.3, 0.4) is 0 Å². The van der Waals surface area contributed by atoms with E-state index in [1.165, 1.54) is 5.56 Å². The second-order valence-electron chi connectivity index (χ2n) is 7.98. The lowest BCUT2D eigenvalue weighted by atomic mass is 9.81. The average molecular weight is 365 g/mol. The quantitative estimate of drug-likeness (QED) is 0.896. The molecule has 27 heavy (non-hydrogen) atoms. The topological polar surface area (TPSA) is 44.8 Å². The molecule has 1 N–H and O–H groups in total. The number of hydrogen-bond acceptors (Lipinski definition) is 4. The second-order valence-corrected chi connectivity index (χ2v) is 7.98. The van der Waals surface area contributed by atoms with Crippen molar-refractivity contribution in [2.75, 3.05) is 25.5 Å². The third-order valence-corrected chi connectivity index (χ3v) is 6.15. The predicted octanol–water partition coefficient (Wildman–Crippen LogP) is 3.91. The molecule has 142 valence electrons. The standard InChI is InChI=1S/C22H27N3O2/c1-15(16-8-6-5-7-9-16)23-21(26)27-17-10-11-18-19(14-17)25(4)20-22(18,2)12-13-24(20)3/h5-11,14-15,20H,12-13H2,1-4H3,(H,23,26)/t15-,20-,22+/m0/s1. The van der Waals surface area contributed by atoms with E-state index in [2.05, 4.69) is 42.2 Å². The van der Waals surface area contributed by atoms with Crippen LogP contribution in [0, 0.1) is 0 Å². The van der Waals surface area contributed by atoms with E-state index in [0.717, 1.165) is 24.2 Å². The van der Waals surface area contributed by atoms with Crippen molar-refractivity contribution < 1.29 is 9.53 Å². The molecule has 0 spiro atoms. The predicted molar refractivity (Wildman–Crippen MR) is 107 cm³/mol. The van der Waals surface area contributed by atoms with Gasteiger partial charge in [0, 0.05) is 30.8 Å². The van der Waals surface area contributed by atoms with Crippen LogP contribution >= 0.6 is 0 Å². The minimum atomic E-state index is -0.435.